The number of sulfonamides is 1. The number of hydrogen-bond donors (Lipinski definition) is 2. The maximum Gasteiger partial charge on any atom is 0.303 e. The summed E-state index contributed by atoms with van der Waals surface area (Å²) in [5, 5.41) is 9.55. The van der Waals surface area contributed by atoms with E-state index in [4.69, 9.17) is 16.7 Å². The van der Waals surface area contributed by atoms with Crippen LogP contribution in [0.3, 0.4) is 0 Å². The van der Waals surface area contributed by atoms with Gasteiger partial charge in [-0.3, -0.25) is 9.78 Å². The van der Waals surface area contributed by atoms with Crippen LogP contribution in [0.5, 0.6) is 0 Å². The van der Waals surface area contributed by atoms with Crippen LogP contribution in [0.25, 0.3) is 0 Å². The molecule has 1 heterocycles. The van der Waals surface area contributed by atoms with Crippen LogP contribution < -0.4 is 4.72 Å². The number of pyridine rings is 1. The summed E-state index contributed by atoms with van der Waals surface area (Å²) < 4.78 is 27.4. The van der Waals surface area contributed by atoms with Crippen molar-refractivity contribution >= 4 is 27.6 Å². The van der Waals surface area contributed by atoms with Crippen LogP contribution >= 0.6 is 11.6 Å². The zero-order valence-electron chi connectivity index (χ0n) is 18.2. The van der Waals surface area contributed by atoms with Gasteiger partial charge >= 0.3 is 5.97 Å². The number of hydrogen-bond acceptors (Lipinski definition) is 4. The van der Waals surface area contributed by atoms with E-state index in [9.17, 15) is 13.2 Å². The molecular weight excluding hydrogens is 460 g/mol. The van der Waals surface area contributed by atoms with Gasteiger partial charge in [0, 0.05) is 30.4 Å². The molecule has 0 aliphatic rings. The van der Waals surface area contributed by atoms with E-state index in [1.807, 2.05) is 30.5 Å². The van der Waals surface area contributed by atoms with E-state index in [1.54, 1.807) is 18.3 Å². The number of rotatable bonds is 12. The lowest BCUT2D eigenvalue weighted by Crippen LogP contribution is -2.25. The van der Waals surface area contributed by atoms with E-state index >= 15 is 0 Å². The molecule has 3 aromatic rings. The second kappa shape index (κ2) is 11.9. The Bertz CT molecular complexity index is 1170. The number of halogens is 1. The largest absolute Gasteiger partial charge is 0.481 e. The van der Waals surface area contributed by atoms with E-state index in [1.165, 1.54) is 12.1 Å². The van der Waals surface area contributed by atoms with Gasteiger partial charge in [0.15, 0.2) is 0 Å². The molecule has 2 N–H and O–H groups in total. The maximum absolute atomic E-state index is 12.4. The SMILES string of the molecule is O=C(O)CCc1ccc(CCCNS(=O)(=O)c2ccc(Cl)cc2)cc1CCc1cccnc1. The summed E-state index contributed by atoms with van der Waals surface area (Å²) in [5.74, 6) is -0.815. The van der Waals surface area contributed by atoms with Crippen LogP contribution in [0, 0.1) is 0 Å². The van der Waals surface area contributed by atoms with Crippen molar-refractivity contribution in [3.05, 3.63) is 94.3 Å². The van der Waals surface area contributed by atoms with Crippen molar-refractivity contribution in [3.63, 3.8) is 0 Å². The lowest BCUT2D eigenvalue weighted by molar-refractivity contribution is -0.136. The summed E-state index contributed by atoms with van der Waals surface area (Å²) in [4.78, 5) is 15.4. The van der Waals surface area contributed by atoms with Crippen LogP contribution in [0.4, 0.5) is 0 Å². The minimum atomic E-state index is -3.57. The van der Waals surface area contributed by atoms with Crippen LogP contribution in [0.15, 0.2) is 71.9 Å². The molecule has 1 aromatic heterocycles. The number of aryl methyl sites for hydroxylation is 4. The normalized spacial score (nSPS) is 11.4. The van der Waals surface area contributed by atoms with Gasteiger partial charge in [0.1, 0.15) is 0 Å². The summed E-state index contributed by atoms with van der Waals surface area (Å²) >= 11 is 5.83. The highest BCUT2D eigenvalue weighted by atomic mass is 35.5. The molecule has 174 valence electrons. The quantitative estimate of drug-likeness (QED) is 0.369. The number of carboxylic acids is 1. The van der Waals surface area contributed by atoms with Gasteiger partial charge < -0.3 is 5.11 Å². The molecule has 0 unspecified atom stereocenters. The van der Waals surface area contributed by atoms with E-state index < -0.39 is 16.0 Å². The fraction of sp³-hybridized carbons (Fsp3) is 0.280. The molecule has 0 radical (unpaired) electrons. The Hall–Kier alpha value is -2.74. The third-order valence-electron chi connectivity index (χ3n) is 5.34. The molecular formula is C25H27ClN2O4S. The van der Waals surface area contributed by atoms with Gasteiger partial charge in [-0.05, 0) is 84.7 Å². The second-order valence-corrected chi connectivity index (χ2v) is 10.0. The lowest BCUT2D eigenvalue weighted by Gasteiger charge is -2.12. The predicted molar refractivity (Wildman–Crippen MR) is 129 cm³/mol. The Morgan fingerprint density at radius 1 is 0.939 bits per heavy atom. The first-order valence-corrected chi connectivity index (χ1v) is 12.7. The second-order valence-electron chi connectivity index (χ2n) is 7.81. The van der Waals surface area contributed by atoms with E-state index in [0.717, 1.165) is 35.1 Å². The van der Waals surface area contributed by atoms with Crippen LogP contribution in [-0.4, -0.2) is 31.0 Å². The molecule has 0 bridgehead atoms. The molecule has 33 heavy (non-hydrogen) atoms. The zero-order valence-corrected chi connectivity index (χ0v) is 19.8. The Labute approximate surface area is 199 Å². The van der Waals surface area contributed by atoms with Crippen molar-refractivity contribution in [1.29, 1.82) is 0 Å². The fourth-order valence-electron chi connectivity index (χ4n) is 3.57. The first kappa shape index (κ1) is 24.9. The first-order valence-electron chi connectivity index (χ1n) is 10.8. The summed E-state index contributed by atoms with van der Waals surface area (Å²) in [5.41, 5.74) is 4.39. The van der Waals surface area contributed by atoms with Crippen molar-refractivity contribution < 1.29 is 18.3 Å². The van der Waals surface area contributed by atoms with Crippen LogP contribution in [0.1, 0.15) is 35.1 Å². The molecule has 0 aliphatic heterocycles. The van der Waals surface area contributed by atoms with Gasteiger partial charge in [-0.25, -0.2) is 13.1 Å². The van der Waals surface area contributed by atoms with Gasteiger partial charge in [-0.2, -0.15) is 0 Å². The molecule has 0 saturated carbocycles. The Balaban J connectivity index is 1.60. The summed E-state index contributed by atoms with van der Waals surface area (Å²) in [6.45, 7) is 0.316. The highest BCUT2D eigenvalue weighted by Crippen LogP contribution is 2.19. The van der Waals surface area contributed by atoms with Crippen molar-refractivity contribution in [3.8, 4) is 0 Å². The third-order valence-corrected chi connectivity index (χ3v) is 7.07. The molecule has 3 rings (SSSR count). The fourth-order valence-corrected chi connectivity index (χ4v) is 4.77. The highest BCUT2D eigenvalue weighted by Gasteiger charge is 2.13. The Kier molecular flexibility index (Phi) is 9.00. The van der Waals surface area contributed by atoms with Crippen molar-refractivity contribution in [1.82, 2.24) is 9.71 Å². The van der Waals surface area contributed by atoms with Gasteiger partial charge in [0.2, 0.25) is 10.0 Å². The average molecular weight is 487 g/mol. The number of aliphatic carboxylic acids is 1. The summed E-state index contributed by atoms with van der Waals surface area (Å²) in [6, 6.07) is 16.1. The highest BCUT2D eigenvalue weighted by molar-refractivity contribution is 7.89. The average Bonchev–Trinajstić information content (AvgIpc) is 2.80. The molecule has 8 heteroatoms. The summed E-state index contributed by atoms with van der Waals surface area (Å²) in [7, 11) is -3.57. The molecule has 0 atom stereocenters. The topological polar surface area (TPSA) is 96.4 Å². The number of carboxylic acid groups (broad SMARTS) is 1. The monoisotopic (exact) mass is 486 g/mol. The minimum Gasteiger partial charge on any atom is -0.481 e. The standard InChI is InChI=1S/C25H27ClN2O4S/c26-23-10-12-24(13-11-23)33(31,32)28-16-2-3-19-5-7-21(9-14-25(29)30)22(17-19)8-6-20-4-1-15-27-18-20/h1,4-5,7,10-13,15,17-18,28H,2-3,6,8-9,14,16H2,(H,29,30). The van der Waals surface area contributed by atoms with Gasteiger partial charge in [0.25, 0.3) is 0 Å². The summed E-state index contributed by atoms with van der Waals surface area (Å²) in [6.07, 6.45) is 7.11. The van der Waals surface area contributed by atoms with E-state index in [2.05, 4.69) is 15.8 Å². The number of nitrogens with one attached hydrogen (secondary N) is 1. The molecule has 6 nitrogen and oxygen atoms in total. The Morgan fingerprint density at radius 3 is 2.42 bits per heavy atom. The van der Waals surface area contributed by atoms with Crippen LogP contribution in [0.2, 0.25) is 5.02 Å². The predicted octanol–water partition coefficient (Wildman–Crippen LogP) is 4.45. The smallest absolute Gasteiger partial charge is 0.303 e. The minimum absolute atomic E-state index is 0.0890. The lowest BCUT2D eigenvalue weighted by atomic mass is 9.94. The molecule has 0 saturated heterocycles. The third kappa shape index (κ3) is 7.96. The van der Waals surface area contributed by atoms with Gasteiger partial charge in [-0.15, -0.1) is 0 Å². The van der Waals surface area contributed by atoms with Crippen molar-refractivity contribution in [2.24, 2.45) is 0 Å². The Morgan fingerprint density at radius 2 is 1.73 bits per heavy atom. The van der Waals surface area contributed by atoms with E-state index in [-0.39, 0.29) is 11.3 Å². The zero-order chi connectivity index (χ0) is 23.7. The first-order chi connectivity index (χ1) is 15.8. The number of benzene rings is 2. The molecule has 0 fully saturated rings. The molecule has 0 aliphatic carbocycles. The molecule has 0 spiro atoms. The van der Waals surface area contributed by atoms with Crippen molar-refractivity contribution in [2.75, 3.05) is 6.54 Å². The number of carbonyl (C=O) groups is 1. The van der Waals surface area contributed by atoms with Crippen LogP contribution in [-0.2, 0) is 40.5 Å². The van der Waals surface area contributed by atoms with Gasteiger partial charge in [0.05, 0.1) is 4.90 Å². The van der Waals surface area contributed by atoms with E-state index in [0.29, 0.717) is 30.8 Å². The molecule has 2 aromatic carbocycles. The van der Waals surface area contributed by atoms with Gasteiger partial charge in [-0.1, -0.05) is 35.9 Å². The number of aromatic nitrogens is 1. The molecule has 0 amide bonds. The van der Waals surface area contributed by atoms with Crippen molar-refractivity contribution in [2.45, 2.75) is 43.4 Å². The maximum atomic E-state index is 12.4. The number of nitrogens with zero attached hydrogens (tertiary/aromatic N) is 1.